The minimum Gasteiger partial charge on any atom is -0.308 e. The molecule has 19 heavy (non-hydrogen) atoms. The molecule has 0 amide bonds. The number of hydrogen-bond donors (Lipinski definition) is 1. The van der Waals surface area contributed by atoms with Gasteiger partial charge in [0.2, 0.25) is 0 Å². The summed E-state index contributed by atoms with van der Waals surface area (Å²) in [6, 6.07) is 9.01. The Hall–Kier alpha value is -0.530. The number of halogens is 1. The third kappa shape index (κ3) is 3.73. The van der Waals surface area contributed by atoms with Gasteiger partial charge < -0.3 is 5.32 Å². The number of unbranched alkanes of at least 4 members (excludes halogenated alkanes) is 1. The lowest BCUT2D eigenvalue weighted by molar-refractivity contribution is 0.391. The summed E-state index contributed by atoms with van der Waals surface area (Å²) >= 11 is 6.51. The quantitative estimate of drug-likeness (QED) is 0.714. The van der Waals surface area contributed by atoms with E-state index < -0.39 is 0 Å². The van der Waals surface area contributed by atoms with Gasteiger partial charge >= 0.3 is 0 Å². The topological polar surface area (TPSA) is 12.0 Å². The van der Waals surface area contributed by atoms with Gasteiger partial charge in [0.05, 0.1) is 5.38 Å². The predicted octanol–water partition coefficient (Wildman–Crippen LogP) is 4.70. The maximum absolute atomic E-state index is 6.51. The molecule has 3 unspecified atom stereocenters. The van der Waals surface area contributed by atoms with Crippen molar-refractivity contribution in [3.05, 3.63) is 35.4 Å². The summed E-state index contributed by atoms with van der Waals surface area (Å²) in [4.78, 5) is 0. The fraction of sp³-hybridized carbons (Fsp3) is 0.647. The number of fused-ring (bicyclic) bond motifs is 1. The van der Waals surface area contributed by atoms with Crippen molar-refractivity contribution in [2.75, 3.05) is 6.54 Å². The molecular formula is C17H26ClN. The van der Waals surface area contributed by atoms with Crippen LogP contribution in [0.1, 0.15) is 56.7 Å². The molecule has 1 nitrogen and oxygen atoms in total. The molecule has 0 heterocycles. The fourth-order valence-electron chi connectivity index (χ4n) is 3.02. The van der Waals surface area contributed by atoms with E-state index in [0.29, 0.717) is 6.04 Å². The van der Waals surface area contributed by atoms with Crippen molar-refractivity contribution in [3.63, 3.8) is 0 Å². The zero-order valence-electron chi connectivity index (χ0n) is 12.2. The van der Waals surface area contributed by atoms with Gasteiger partial charge in [-0.25, -0.2) is 0 Å². The van der Waals surface area contributed by atoms with E-state index in [2.05, 4.69) is 43.4 Å². The van der Waals surface area contributed by atoms with E-state index in [0.717, 1.165) is 18.9 Å². The third-order valence-corrected chi connectivity index (χ3v) is 4.74. The van der Waals surface area contributed by atoms with Crippen LogP contribution in [-0.2, 0) is 6.42 Å². The Morgan fingerprint density at radius 2 is 2.11 bits per heavy atom. The van der Waals surface area contributed by atoms with E-state index in [1.54, 1.807) is 0 Å². The lowest BCUT2D eigenvalue weighted by atomic mass is 9.98. The highest BCUT2D eigenvalue weighted by Crippen LogP contribution is 2.34. The van der Waals surface area contributed by atoms with E-state index in [4.69, 9.17) is 11.6 Å². The van der Waals surface area contributed by atoms with Gasteiger partial charge in [0.15, 0.2) is 0 Å². The molecule has 0 saturated heterocycles. The zero-order chi connectivity index (χ0) is 13.7. The Labute approximate surface area is 122 Å². The lowest BCUT2D eigenvalue weighted by Crippen LogP contribution is -2.30. The lowest BCUT2D eigenvalue weighted by Gasteiger charge is -2.22. The number of benzene rings is 1. The second-order valence-corrected chi connectivity index (χ2v) is 6.28. The number of rotatable bonds is 7. The molecule has 106 valence electrons. The van der Waals surface area contributed by atoms with Gasteiger partial charge in [0.1, 0.15) is 0 Å². The normalized spacial score (nSPS) is 23.3. The van der Waals surface area contributed by atoms with Crippen molar-refractivity contribution < 1.29 is 0 Å². The van der Waals surface area contributed by atoms with Crippen LogP contribution in [0, 0.1) is 5.92 Å². The fourth-order valence-corrected chi connectivity index (χ4v) is 3.41. The molecule has 2 heteroatoms. The van der Waals surface area contributed by atoms with Crippen LogP contribution in [0.25, 0.3) is 0 Å². The van der Waals surface area contributed by atoms with Gasteiger partial charge in [-0.05, 0) is 36.4 Å². The Bertz CT molecular complexity index is 391. The number of hydrogen-bond acceptors (Lipinski definition) is 1. The van der Waals surface area contributed by atoms with Crippen LogP contribution < -0.4 is 5.32 Å². The standard InChI is InChI=1S/C17H26ClN/c1-3-5-8-13(4-2)12-19-17-15-10-7-6-9-14(15)11-16(17)18/h6-7,9-10,13,16-17,19H,3-5,8,11-12H2,1-2H3. The van der Waals surface area contributed by atoms with E-state index in [9.17, 15) is 0 Å². The van der Waals surface area contributed by atoms with E-state index in [1.807, 2.05) is 0 Å². The van der Waals surface area contributed by atoms with Gasteiger partial charge in [-0.3, -0.25) is 0 Å². The molecule has 0 saturated carbocycles. The highest BCUT2D eigenvalue weighted by atomic mass is 35.5. The molecule has 0 fully saturated rings. The Kier molecular flexibility index (Phi) is 5.72. The van der Waals surface area contributed by atoms with Crippen molar-refractivity contribution in [3.8, 4) is 0 Å². The summed E-state index contributed by atoms with van der Waals surface area (Å²) in [5.41, 5.74) is 2.83. The van der Waals surface area contributed by atoms with Crippen LogP contribution in [-0.4, -0.2) is 11.9 Å². The van der Waals surface area contributed by atoms with Gasteiger partial charge in [-0.1, -0.05) is 57.4 Å². The van der Waals surface area contributed by atoms with Gasteiger partial charge in [-0.15, -0.1) is 11.6 Å². The Morgan fingerprint density at radius 1 is 1.32 bits per heavy atom. The van der Waals surface area contributed by atoms with Crippen molar-refractivity contribution >= 4 is 11.6 Å². The first-order chi connectivity index (χ1) is 9.26. The second kappa shape index (κ2) is 7.31. The molecule has 0 aliphatic heterocycles. The molecule has 0 bridgehead atoms. The summed E-state index contributed by atoms with van der Waals surface area (Å²) in [6.45, 7) is 5.66. The first-order valence-electron chi connectivity index (χ1n) is 7.71. The van der Waals surface area contributed by atoms with Crippen LogP contribution in [0.2, 0.25) is 0 Å². The SMILES string of the molecule is CCCCC(CC)CNC1c2ccccc2CC1Cl. The second-order valence-electron chi connectivity index (χ2n) is 5.72. The minimum absolute atomic E-state index is 0.209. The highest BCUT2D eigenvalue weighted by molar-refractivity contribution is 6.21. The van der Waals surface area contributed by atoms with Crippen molar-refractivity contribution in [2.45, 2.75) is 57.4 Å². The van der Waals surface area contributed by atoms with Crippen molar-refractivity contribution in [1.29, 1.82) is 0 Å². The van der Waals surface area contributed by atoms with E-state index in [1.165, 1.54) is 36.8 Å². The summed E-state index contributed by atoms with van der Waals surface area (Å²) in [5, 5.41) is 3.92. The number of alkyl halides is 1. The van der Waals surface area contributed by atoms with Gasteiger partial charge in [0.25, 0.3) is 0 Å². The molecule has 1 aliphatic rings. The summed E-state index contributed by atoms with van der Waals surface area (Å²) in [7, 11) is 0. The van der Waals surface area contributed by atoms with Crippen LogP contribution in [0.4, 0.5) is 0 Å². The molecule has 2 rings (SSSR count). The number of nitrogens with one attached hydrogen (secondary N) is 1. The van der Waals surface area contributed by atoms with E-state index >= 15 is 0 Å². The molecule has 1 aromatic rings. The minimum atomic E-state index is 0.209. The van der Waals surface area contributed by atoms with Crippen LogP contribution in [0.15, 0.2) is 24.3 Å². The largest absolute Gasteiger partial charge is 0.308 e. The maximum atomic E-state index is 6.51. The average molecular weight is 280 g/mol. The molecule has 1 aromatic carbocycles. The average Bonchev–Trinajstić information content (AvgIpc) is 2.75. The maximum Gasteiger partial charge on any atom is 0.0571 e. The molecular weight excluding hydrogens is 254 g/mol. The van der Waals surface area contributed by atoms with Gasteiger partial charge in [0, 0.05) is 6.04 Å². The zero-order valence-corrected chi connectivity index (χ0v) is 12.9. The smallest absolute Gasteiger partial charge is 0.0571 e. The third-order valence-electron chi connectivity index (χ3n) is 4.34. The van der Waals surface area contributed by atoms with E-state index in [-0.39, 0.29) is 5.38 Å². The summed E-state index contributed by atoms with van der Waals surface area (Å²) in [6.07, 6.45) is 6.23. The van der Waals surface area contributed by atoms with Crippen molar-refractivity contribution in [2.24, 2.45) is 5.92 Å². The molecule has 0 radical (unpaired) electrons. The van der Waals surface area contributed by atoms with Crippen LogP contribution >= 0.6 is 11.6 Å². The highest BCUT2D eigenvalue weighted by Gasteiger charge is 2.30. The van der Waals surface area contributed by atoms with Gasteiger partial charge in [-0.2, -0.15) is 0 Å². The summed E-state index contributed by atoms with van der Waals surface area (Å²) < 4.78 is 0. The molecule has 3 atom stereocenters. The predicted molar refractivity (Wildman–Crippen MR) is 83.8 cm³/mol. The monoisotopic (exact) mass is 279 g/mol. The molecule has 0 aromatic heterocycles. The molecule has 1 aliphatic carbocycles. The van der Waals surface area contributed by atoms with Crippen LogP contribution in [0.5, 0.6) is 0 Å². The summed E-state index contributed by atoms with van der Waals surface area (Å²) in [5.74, 6) is 0.788. The van der Waals surface area contributed by atoms with Crippen LogP contribution in [0.3, 0.4) is 0 Å². The van der Waals surface area contributed by atoms with Crippen molar-refractivity contribution in [1.82, 2.24) is 5.32 Å². The molecule has 1 N–H and O–H groups in total. The first kappa shape index (κ1) is 14.9. The Balaban J connectivity index is 1.92. The first-order valence-corrected chi connectivity index (χ1v) is 8.15. The molecule has 0 spiro atoms. The Morgan fingerprint density at radius 3 is 2.84 bits per heavy atom.